The van der Waals surface area contributed by atoms with Crippen molar-refractivity contribution in [3.05, 3.63) is 38.1 Å². The maximum atomic E-state index is 5.35. The van der Waals surface area contributed by atoms with Crippen LogP contribution in [-0.2, 0) is 6.42 Å². The Hall–Kier alpha value is -0.650. The molecule has 2 heterocycles. The molecular formula is C14H19BrN2OS. The summed E-state index contributed by atoms with van der Waals surface area (Å²) in [5.74, 6) is 0. The van der Waals surface area contributed by atoms with Gasteiger partial charge in [-0.2, -0.15) is 0 Å². The van der Waals surface area contributed by atoms with E-state index >= 15 is 0 Å². The highest BCUT2D eigenvalue weighted by Crippen LogP contribution is 2.29. The number of nitrogens with zero attached hydrogens (tertiary/aromatic N) is 1. The molecule has 0 bridgehead atoms. The van der Waals surface area contributed by atoms with Crippen LogP contribution in [0.2, 0.25) is 0 Å². The van der Waals surface area contributed by atoms with Crippen molar-refractivity contribution in [2.75, 3.05) is 6.54 Å². The fraction of sp³-hybridized carbons (Fsp3) is 0.500. The van der Waals surface area contributed by atoms with Gasteiger partial charge in [0.05, 0.1) is 17.0 Å². The molecule has 1 N–H and O–H groups in total. The summed E-state index contributed by atoms with van der Waals surface area (Å²) in [5.41, 5.74) is 2.31. The lowest BCUT2D eigenvalue weighted by molar-refractivity contribution is 0.497. The average Bonchev–Trinajstić information content (AvgIpc) is 2.92. The third-order valence-corrected chi connectivity index (χ3v) is 4.85. The van der Waals surface area contributed by atoms with Crippen LogP contribution in [0.15, 0.2) is 21.4 Å². The van der Waals surface area contributed by atoms with Crippen LogP contribution >= 0.6 is 27.3 Å². The zero-order valence-electron chi connectivity index (χ0n) is 11.5. The van der Waals surface area contributed by atoms with Crippen molar-refractivity contribution in [3.8, 4) is 0 Å². The molecule has 0 aliphatic rings. The summed E-state index contributed by atoms with van der Waals surface area (Å²) in [4.78, 5) is 5.93. The van der Waals surface area contributed by atoms with E-state index in [1.807, 2.05) is 6.07 Å². The number of furan rings is 1. The second kappa shape index (κ2) is 6.68. The van der Waals surface area contributed by atoms with Gasteiger partial charge in [-0.25, -0.2) is 4.98 Å². The Morgan fingerprint density at radius 3 is 2.79 bits per heavy atom. The number of aromatic nitrogens is 1. The molecule has 1 atom stereocenters. The maximum Gasteiger partial charge on any atom is 0.173 e. The van der Waals surface area contributed by atoms with E-state index < -0.39 is 0 Å². The molecule has 5 heteroatoms. The minimum absolute atomic E-state index is 0.248. The highest BCUT2D eigenvalue weighted by Gasteiger charge is 2.18. The van der Waals surface area contributed by atoms with Crippen molar-refractivity contribution in [2.45, 2.75) is 39.7 Å². The van der Waals surface area contributed by atoms with Gasteiger partial charge in [0.15, 0.2) is 4.67 Å². The van der Waals surface area contributed by atoms with Gasteiger partial charge < -0.3 is 9.73 Å². The molecule has 0 aliphatic carbocycles. The summed E-state index contributed by atoms with van der Waals surface area (Å²) in [6, 6.07) is 2.27. The van der Waals surface area contributed by atoms with E-state index in [0.717, 1.165) is 29.7 Å². The Labute approximate surface area is 126 Å². The van der Waals surface area contributed by atoms with Gasteiger partial charge in [0.2, 0.25) is 0 Å². The number of hydrogen-bond acceptors (Lipinski definition) is 4. The molecule has 0 spiro atoms. The predicted octanol–water partition coefficient (Wildman–Crippen LogP) is 4.40. The summed E-state index contributed by atoms with van der Waals surface area (Å²) in [5, 5.41) is 4.74. The molecule has 2 rings (SSSR count). The molecular weight excluding hydrogens is 324 g/mol. The number of thiazole rings is 1. The normalized spacial score (nSPS) is 12.8. The summed E-state index contributed by atoms with van der Waals surface area (Å²) >= 11 is 5.25. The van der Waals surface area contributed by atoms with Crippen molar-refractivity contribution in [2.24, 2.45) is 0 Å². The molecule has 3 nitrogen and oxygen atoms in total. The minimum atomic E-state index is 0.248. The van der Waals surface area contributed by atoms with E-state index in [9.17, 15) is 0 Å². The van der Waals surface area contributed by atoms with Crippen molar-refractivity contribution < 1.29 is 4.42 Å². The Morgan fingerprint density at radius 1 is 1.47 bits per heavy atom. The Balaban J connectivity index is 2.16. The van der Waals surface area contributed by atoms with Gasteiger partial charge >= 0.3 is 0 Å². The lowest BCUT2D eigenvalue weighted by atomic mass is 10.1. The van der Waals surface area contributed by atoms with Crippen molar-refractivity contribution >= 4 is 27.3 Å². The second-order valence-electron chi connectivity index (χ2n) is 4.61. The molecule has 0 saturated carbocycles. The number of hydrogen-bond donors (Lipinski definition) is 1. The van der Waals surface area contributed by atoms with Gasteiger partial charge in [-0.15, -0.1) is 11.3 Å². The van der Waals surface area contributed by atoms with Crippen molar-refractivity contribution in [3.63, 3.8) is 0 Å². The highest BCUT2D eigenvalue weighted by molar-refractivity contribution is 9.10. The van der Waals surface area contributed by atoms with Crippen LogP contribution in [-0.4, -0.2) is 11.5 Å². The zero-order chi connectivity index (χ0) is 13.8. The first-order valence-corrected chi connectivity index (χ1v) is 8.12. The van der Waals surface area contributed by atoms with E-state index in [-0.39, 0.29) is 6.04 Å². The number of aryl methyl sites for hydroxylation is 2. The average molecular weight is 343 g/mol. The van der Waals surface area contributed by atoms with E-state index in [1.54, 1.807) is 17.6 Å². The van der Waals surface area contributed by atoms with Gasteiger partial charge in [-0.3, -0.25) is 0 Å². The van der Waals surface area contributed by atoms with Crippen LogP contribution < -0.4 is 5.32 Å². The lowest BCUT2D eigenvalue weighted by Crippen LogP contribution is -2.24. The number of rotatable bonds is 6. The summed E-state index contributed by atoms with van der Waals surface area (Å²) in [6.07, 6.45) is 3.73. The van der Waals surface area contributed by atoms with Crippen LogP contribution in [0.1, 0.15) is 40.5 Å². The molecule has 0 aliphatic heterocycles. The van der Waals surface area contributed by atoms with Gasteiger partial charge in [0.1, 0.15) is 0 Å². The van der Waals surface area contributed by atoms with E-state index in [4.69, 9.17) is 4.42 Å². The SMILES string of the molecule is CCCNC(Cc1nc(C)c(C)s1)c1ccoc1Br. The fourth-order valence-corrected chi connectivity index (χ4v) is 3.46. The third kappa shape index (κ3) is 3.68. The Bertz CT molecular complexity index is 516. The molecule has 19 heavy (non-hydrogen) atoms. The standard InChI is InChI=1S/C14H19BrN2OS/c1-4-6-16-12(11-5-7-18-14(11)15)8-13-17-9(2)10(3)19-13/h5,7,12,16H,4,6,8H2,1-3H3. The lowest BCUT2D eigenvalue weighted by Gasteiger charge is -2.16. The van der Waals surface area contributed by atoms with E-state index in [1.165, 1.54) is 15.4 Å². The number of nitrogens with one attached hydrogen (secondary N) is 1. The monoisotopic (exact) mass is 342 g/mol. The van der Waals surface area contributed by atoms with Crippen LogP contribution in [0, 0.1) is 13.8 Å². The van der Waals surface area contributed by atoms with Gasteiger partial charge in [-0.1, -0.05) is 6.92 Å². The predicted molar refractivity (Wildman–Crippen MR) is 82.7 cm³/mol. The summed E-state index contributed by atoms with van der Waals surface area (Å²) < 4.78 is 6.16. The fourth-order valence-electron chi connectivity index (χ4n) is 1.97. The molecule has 1 unspecified atom stereocenters. The minimum Gasteiger partial charge on any atom is -0.457 e. The van der Waals surface area contributed by atoms with E-state index in [2.05, 4.69) is 47.0 Å². The smallest absolute Gasteiger partial charge is 0.173 e. The Morgan fingerprint density at radius 2 is 2.26 bits per heavy atom. The summed E-state index contributed by atoms with van der Waals surface area (Å²) in [7, 11) is 0. The molecule has 2 aromatic rings. The van der Waals surface area contributed by atoms with Gasteiger partial charge in [0, 0.05) is 22.9 Å². The van der Waals surface area contributed by atoms with Gasteiger partial charge in [-0.05, 0) is 48.8 Å². The molecule has 0 aromatic carbocycles. The van der Waals surface area contributed by atoms with Crippen molar-refractivity contribution in [1.82, 2.24) is 10.3 Å². The molecule has 0 saturated heterocycles. The molecule has 0 fully saturated rings. The maximum absolute atomic E-state index is 5.35. The molecule has 0 radical (unpaired) electrons. The first-order valence-electron chi connectivity index (χ1n) is 6.51. The largest absolute Gasteiger partial charge is 0.457 e. The van der Waals surface area contributed by atoms with Crippen LogP contribution in [0.25, 0.3) is 0 Å². The number of halogens is 1. The first kappa shape index (κ1) is 14.8. The van der Waals surface area contributed by atoms with E-state index in [0.29, 0.717) is 0 Å². The zero-order valence-corrected chi connectivity index (χ0v) is 13.9. The van der Waals surface area contributed by atoms with Gasteiger partial charge in [0.25, 0.3) is 0 Å². The quantitative estimate of drug-likeness (QED) is 0.845. The third-order valence-electron chi connectivity index (χ3n) is 3.11. The Kier molecular flexibility index (Phi) is 5.19. The highest BCUT2D eigenvalue weighted by atomic mass is 79.9. The molecule has 0 amide bonds. The van der Waals surface area contributed by atoms with Crippen molar-refractivity contribution in [1.29, 1.82) is 0 Å². The first-order chi connectivity index (χ1) is 9.11. The topological polar surface area (TPSA) is 38.1 Å². The van der Waals surface area contributed by atoms with Crippen LogP contribution in [0.3, 0.4) is 0 Å². The molecule has 104 valence electrons. The second-order valence-corrected chi connectivity index (χ2v) is 6.62. The van der Waals surface area contributed by atoms with Crippen LogP contribution in [0.4, 0.5) is 0 Å². The molecule has 2 aromatic heterocycles. The van der Waals surface area contributed by atoms with Crippen LogP contribution in [0.5, 0.6) is 0 Å². The summed E-state index contributed by atoms with van der Waals surface area (Å²) in [6.45, 7) is 7.36.